The second-order valence-corrected chi connectivity index (χ2v) is 4.52. The van der Waals surface area contributed by atoms with Crippen molar-refractivity contribution in [2.24, 2.45) is 5.41 Å². The van der Waals surface area contributed by atoms with E-state index >= 15 is 0 Å². The first kappa shape index (κ1) is 8.69. The van der Waals surface area contributed by atoms with Crippen molar-refractivity contribution >= 4 is 17.3 Å². The molecule has 1 aliphatic rings. The molecular weight excluding hydrogens is 186 g/mol. The lowest BCUT2D eigenvalue weighted by molar-refractivity contribution is -0.154. The zero-order valence-corrected chi connectivity index (χ0v) is 8.01. The van der Waals surface area contributed by atoms with Gasteiger partial charge in [0.05, 0.1) is 10.4 Å². The number of aromatic nitrogens is 1. The van der Waals surface area contributed by atoms with E-state index in [0.29, 0.717) is 6.42 Å². The molecule has 0 saturated heterocycles. The second-order valence-electron chi connectivity index (χ2n) is 3.54. The van der Waals surface area contributed by atoms with Crippen molar-refractivity contribution in [3.63, 3.8) is 0 Å². The Morgan fingerprint density at radius 2 is 2.46 bits per heavy atom. The molecule has 3 nitrogen and oxygen atoms in total. The SMILES string of the molecule is O=C(O)C1(Cc2nccs2)CCC1. The fourth-order valence-electron chi connectivity index (χ4n) is 1.70. The minimum absolute atomic E-state index is 0.488. The number of hydrogen-bond donors (Lipinski definition) is 1. The molecule has 0 aromatic carbocycles. The molecule has 1 heterocycles. The van der Waals surface area contributed by atoms with E-state index in [1.165, 1.54) is 0 Å². The van der Waals surface area contributed by atoms with Crippen LogP contribution >= 0.6 is 11.3 Å². The van der Waals surface area contributed by atoms with Crippen LogP contribution in [0.2, 0.25) is 0 Å². The highest BCUT2D eigenvalue weighted by molar-refractivity contribution is 7.09. The van der Waals surface area contributed by atoms with E-state index in [1.54, 1.807) is 17.5 Å². The van der Waals surface area contributed by atoms with E-state index in [0.717, 1.165) is 24.3 Å². The van der Waals surface area contributed by atoms with Crippen LogP contribution in [0.15, 0.2) is 11.6 Å². The Morgan fingerprint density at radius 1 is 1.69 bits per heavy atom. The molecule has 1 fully saturated rings. The van der Waals surface area contributed by atoms with Gasteiger partial charge in [-0.2, -0.15) is 0 Å². The maximum absolute atomic E-state index is 11.0. The van der Waals surface area contributed by atoms with Crippen LogP contribution in [0, 0.1) is 5.41 Å². The standard InChI is InChI=1S/C9H11NO2S/c11-8(12)9(2-1-3-9)6-7-10-4-5-13-7/h4-5H,1-3,6H2,(H,11,12). The summed E-state index contributed by atoms with van der Waals surface area (Å²) in [7, 11) is 0. The van der Waals surface area contributed by atoms with Gasteiger partial charge in [-0.05, 0) is 12.8 Å². The van der Waals surface area contributed by atoms with Gasteiger partial charge in [-0.1, -0.05) is 6.42 Å². The third-order valence-corrected chi connectivity index (χ3v) is 3.52. The van der Waals surface area contributed by atoms with Gasteiger partial charge in [0.25, 0.3) is 0 Å². The number of carboxylic acid groups (broad SMARTS) is 1. The Labute approximate surface area is 80.4 Å². The van der Waals surface area contributed by atoms with Crippen molar-refractivity contribution < 1.29 is 9.90 Å². The first-order chi connectivity index (χ1) is 6.23. The van der Waals surface area contributed by atoms with Crippen LogP contribution in [0.25, 0.3) is 0 Å². The molecule has 0 amide bonds. The second kappa shape index (κ2) is 3.10. The highest BCUT2D eigenvalue weighted by atomic mass is 32.1. The van der Waals surface area contributed by atoms with Crippen molar-refractivity contribution in [2.75, 3.05) is 0 Å². The molecule has 2 rings (SSSR count). The van der Waals surface area contributed by atoms with Crippen molar-refractivity contribution in [3.05, 3.63) is 16.6 Å². The number of nitrogens with zero attached hydrogens (tertiary/aromatic N) is 1. The van der Waals surface area contributed by atoms with Crippen LogP contribution < -0.4 is 0 Å². The van der Waals surface area contributed by atoms with Gasteiger partial charge in [0, 0.05) is 18.0 Å². The molecule has 0 radical (unpaired) electrons. The number of carbonyl (C=O) groups is 1. The number of thiazole rings is 1. The minimum Gasteiger partial charge on any atom is -0.481 e. The van der Waals surface area contributed by atoms with Gasteiger partial charge in [-0.15, -0.1) is 11.3 Å². The van der Waals surface area contributed by atoms with Crippen LogP contribution in [0.5, 0.6) is 0 Å². The van der Waals surface area contributed by atoms with E-state index in [9.17, 15) is 4.79 Å². The van der Waals surface area contributed by atoms with Crippen LogP contribution in [0.3, 0.4) is 0 Å². The smallest absolute Gasteiger partial charge is 0.310 e. The highest BCUT2D eigenvalue weighted by Crippen LogP contribution is 2.44. The maximum Gasteiger partial charge on any atom is 0.310 e. The summed E-state index contributed by atoms with van der Waals surface area (Å²) in [6.45, 7) is 0. The van der Waals surface area contributed by atoms with E-state index in [2.05, 4.69) is 4.98 Å². The Bertz CT molecular complexity index is 303. The monoisotopic (exact) mass is 197 g/mol. The summed E-state index contributed by atoms with van der Waals surface area (Å²) in [5.41, 5.74) is -0.488. The average Bonchev–Trinajstić information content (AvgIpc) is 2.47. The molecule has 0 bridgehead atoms. The van der Waals surface area contributed by atoms with Gasteiger partial charge in [-0.25, -0.2) is 4.98 Å². The first-order valence-electron chi connectivity index (χ1n) is 4.35. The molecule has 13 heavy (non-hydrogen) atoms. The Kier molecular flexibility index (Phi) is 2.07. The van der Waals surface area contributed by atoms with Gasteiger partial charge in [0.1, 0.15) is 0 Å². The zero-order chi connectivity index (χ0) is 9.31. The summed E-state index contributed by atoms with van der Waals surface area (Å²) in [5, 5.41) is 11.9. The van der Waals surface area contributed by atoms with E-state index in [1.807, 2.05) is 5.38 Å². The highest BCUT2D eigenvalue weighted by Gasteiger charge is 2.44. The van der Waals surface area contributed by atoms with Crippen LogP contribution in [-0.4, -0.2) is 16.1 Å². The summed E-state index contributed by atoms with van der Waals surface area (Å²) in [4.78, 5) is 15.1. The molecular formula is C9H11NO2S. The Balaban J connectivity index is 2.11. The number of aliphatic carboxylic acids is 1. The normalized spacial score (nSPS) is 19.4. The number of hydrogen-bond acceptors (Lipinski definition) is 3. The largest absolute Gasteiger partial charge is 0.481 e. The summed E-state index contributed by atoms with van der Waals surface area (Å²) in [5.74, 6) is -0.658. The van der Waals surface area contributed by atoms with Crippen LogP contribution in [-0.2, 0) is 11.2 Å². The van der Waals surface area contributed by atoms with Gasteiger partial charge in [0.2, 0.25) is 0 Å². The number of rotatable bonds is 3. The lowest BCUT2D eigenvalue weighted by atomic mass is 9.67. The van der Waals surface area contributed by atoms with Crippen LogP contribution in [0.4, 0.5) is 0 Å². The topological polar surface area (TPSA) is 50.2 Å². The molecule has 4 heteroatoms. The average molecular weight is 197 g/mol. The van der Waals surface area contributed by atoms with Gasteiger partial charge in [-0.3, -0.25) is 4.79 Å². The van der Waals surface area contributed by atoms with E-state index in [-0.39, 0.29) is 0 Å². The predicted molar refractivity (Wildman–Crippen MR) is 49.7 cm³/mol. The molecule has 1 saturated carbocycles. The quantitative estimate of drug-likeness (QED) is 0.805. The fourth-order valence-corrected chi connectivity index (χ4v) is 2.46. The summed E-state index contributed by atoms with van der Waals surface area (Å²) >= 11 is 1.54. The molecule has 0 spiro atoms. The molecule has 1 N–H and O–H groups in total. The lowest BCUT2D eigenvalue weighted by Gasteiger charge is -2.36. The fraction of sp³-hybridized carbons (Fsp3) is 0.556. The van der Waals surface area contributed by atoms with E-state index in [4.69, 9.17) is 5.11 Å². The summed E-state index contributed by atoms with van der Waals surface area (Å²) < 4.78 is 0. The lowest BCUT2D eigenvalue weighted by Crippen LogP contribution is -2.39. The third kappa shape index (κ3) is 1.46. The van der Waals surface area contributed by atoms with Crippen molar-refractivity contribution in [3.8, 4) is 0 Å². The zero-order valence-electron chi connectivity index (χ0n) is 7.19. The summed E-state index contributed by atoms with van der Waals surface area (Å²) in [6, 6.07) is 0. The Hall–Kier alpha value is -0.900. The van der Waals surface area contributed by atoms with Crippen molar-refractivity contribution in [1.29, 1.82) is 0 Å². The van der Waals surface area contributed by atoms with Crippen LogP contribution in [0.1, 0.15) is 24.3 Å². The van der Waals surface area contributed by atoms with E-state index < -0.39 is 11.4 Å². The molecule has 1 aromatic heterocycles. The summed E-state index contributed by atoms with van der Waals surface area (Å²) in [6.07, 6.45) is 5.00. The molecule has 0 atom stereocenters. The maximum atomic E-state index is 11.0. The molecule has 70 valence electrons. The molecule has 1 aliphatic carbocycles. The molecule has 0 aliphatic heterocycles. The van der Waals surface area contributed by atoms with Gasteiger partial charge in [0.15, 0.2) is 0 Å². The van der Waals surface area contributed by atoms with Crippen molar-refractivity contribution in [1.82, 2.24) is 4.98 Å². The van der Waals surface area contributed by atoms with Crippen molar-refractivity contribution in [2.45, 2.75) is 25.7 Å². The van der Waals surface area contributed by atoms with Gasteiger partial charge < -0.3 is 5.11 Å². The Morgan fingerprint density at radius 3 is 2.85 bits per heavy atom. The first-order valence-corrected chi connectivity index (χ1v) is 5.23. The van der Waals surface area contributed by atoms with Gasteiger partial charge >= 0.3 is 5.97 Å². The molecule has 1 aromatic rings. The third-order valence-electron chi connectivity index (χ3n) is 2.74. The molecule has 0 unspecified atom stereocenters. The minimum atomic E-state index is -0.658. The number of carboxylic acids is 1. The predicted octanol–water partition coefficient (Wildman–Crippen LogP) is 1.94.